The number of benzene rings is 2. The van der Waals surface area contributed by atoms with E-state index in [1.54, 1.807) is 18.2 Å². The van der Waals surface area contributed by atoms with Crippen molar-refractivity contribution < 1.29 is 26.4 Å². The lowest BCUT2D eigenvalue weighted by molar-refractivity contribution is -0.114. The number of rotatable bonds is 5. The quantitative estimate of drug-likeness (QED) is 0.835. The number of hydrogen-bond acceptors (Lipinski definition) is 3. The molecule has 2 aromatic rings. The Balaban J connectivity index is 2.22. The fourth-order valence-electron chi connectivity index (χ4n) is 1.94. The second-order valence-corrected chi connectivity index (χ2v) is 6.78. The molecule has 0 spiro atoms. The van der Waals surface area contributed by atoms with Crippen molar-refractivity contribution in [2.45, 2.75) is 0 Å². The van der Waals surface area contributed by atoms with Crippen LogP contribution in [-0.2, 0) is 14.8 Å². The third kappa shape index (κ3) is 4.05. The van der Waals surface area contributed by atoms with E-state index in [9.17, 15) is 26.4 Å². The number of nitrogens with zero attached hydrogens (tertiary/aromatic N) is 1. The number of sulfonamides is 1. The van der Waals surface area contributed by atoms with Gasteiger partial charge in [-0.05, 0) is 24.3 Å². The van der Waals surface area contributed by atoms with Crippen molar-refractivity contribution in [2.75, 3.05) is 22.4 Å². The predicted molar refractivity (Wildman–Crippen MR) is 83.6 cm³/mol. The summed E-state index contributed by atoms with van der Waals surface area (Å²) in [7, 11) is -3.79. The Labute approximate surface area is 136 Å². The first-order valence-electron chi connectivity index (χ1n) is 6.66. The molecule has 9 heteroatoms. The summed E-state index contributed by atoms with van der Waals surface area (Å²) >= 11 is 0. The molecule has 0 aliphatic heterocycles. The fraction of sp³-hybridized carbons (Fsp3) is 0.133. The van der Waals surface area contributed by atoms with E-state index in [-0.39, 0.29) is 5.69 Å². The summed E-state index contributed by atoms with van der Waals surface area (Å²) in [5.74, 6) is -5.59. The molecule has 0 saturated heterocycles. The number of halogens is 3. The zero-order chi connectivity index (χ0) is 17.9. The molecule has 0 bridgehead atoms. The minimum Gasteiger partial charge on any atom is -0.322 e. The molecule has 2 rings (SSSR count). The molecule has 0 saturated carbocycles. The molecule has 0 aromatic heterocycles. The van der Waals surface area contributed by atoms with Crippen LogP contribution in [0.2, 0.25) is 0 Å². The Morgan fingerprint density at radius 2 is 1.67 bits per heavy atom. The van der Waals surface area contributed by atoms with Gasteiger partial charge in [0.1, 0.15) is 6.54 Å². The van der Waals surface area contributed by atoms with Crippen LogP contribution in [0.15, 0.2) is 42.5 Å². The number of carbonyl (C=O) groups is 1. The van der Waals surface area contributed by atoms with Gasteiger partial charge in [-0.1, -0.05) is 18.2 Å². The monoisotopic (exact) mass is 358 g/mol. The number of para-hydroxylation sites is 1. The number of anilines is 2. The molecule has 1 N–H and O–H groups in total. The van der Waals surface area contributed by atoms with Crippen LogP contribution in [0.3, 0.4) is 0 Å². The Morgan fingerprint density at radius 1 is 1.04 bits per heavy atom. The van der Waals surface area contributed by atoms with Crippen LogP contribution < -0.4 is 9.62 Å². The van der Waals surface area contributed by atoms with E-state index >= 15 is 0 Å². The van der Waals surface area contributed by atoms with Crippen molar-refractivity contribution in [3.63, 3.8) is 0 Å². The van der Waals surface area contributed by atoms with Gasteiger partial charge in [0, 0.05) is 0 Å². The molecule has 0 aliphatic carbocycles. The SMILES string of the molecule is CS(=O)(=O)N(CC(=O)Nc1ccc(F)c(F)c1F)c1ccccc1. The molecule has 0 radical (unpaired) electrons. The van der Waals surface area contributed by atoms with Crippen LogP contribution in [0.5, 0.6) is 0 Å². The van der Waals surface area contributed by atoms with Crippen LogP contribution in [-0.4, -0.2) is 27.1 Å². The van der Waals surface area contributed by atoms with Gasteiger partial charge >= 0.3 is 0 Å². The minimum absolute atomic E-state index is 0.237. The molecule has 1 amide bonds. The highest BCUT2D eigenvalue weighted by Gasteiger charge is 2.22. The molecule has 2 aromatic carbocycles. The molecule has 24 heavy (non-hydrogen) atoms. The molecular formula is C15H13F3N2O3S. The van der Waals surface area contributed by atoms with Gasteiger partial charge in [-0.25, -0.2) is 21.6 Å². The van der Waals surface area contributed by atoms with E-state index in [1.165, 1.54) is 12.1 Å². The van der Waals surface area contributed by atoms with Crippen LogP contribution in [0.4, 0.5) is 24.5 Å². The number of hydrogen-bond donors (Lipinski definition) is 1. The highest BCUT2D eigenvalue weighted by molar-refractivity contribution is 7.92. The Kier molecular flexibility index (Phi) is 5.13. The minimum atomic E-state index is -3.79. The number of amides is 1. The summed E-state index contributed by atoms with van der Waals surface area (Å²) in [6.45, 7) is -0.652. The van der Waals surface area contributed by atoms with Gasteiger partial charge in [-0.3, -0.25) is 9.10 Å². The third-order valence-corrected chi connectivity index (χ3v) is 4.18. The molecular weight excluding hydrogens is 345 g/mol. The lowest BCUT2D eigenvalue weighted by Crippen LogP contribution is -2.37. The van der Waals surface area contributed by atoms with Crippen LogP contribution >= 0.6 is 0 Å². The first-order chi connectivity index (χ1) is 11.2. The Bertz CT molecular complexity index is 858. The molecule has 0 heterocycles. The number of carbonyl (C=O) groups excluding carboxylic acids is 1. The van der Waals surface area contributed by atoms with Gasteiger partial charge in [-0.2, -0.15) is 0 Å². The maximum atomic E-state index is 13.6. The first-order valence-corrected chi connectivity index (χ1v) is 8.51. The van der Waals surface area contributed by atoms with Crippen LogP contribution in [0, 0.1) is 17.5 Å². The highest BCUT2D eigenvalue weighted by atomic mass is 32.2. The van der Waals surface area contributed by atoms with Gasteiger partial charge in [-0.15, -0.1) is 0 Å². The van der Waals surface area contributed by atoms with Crippen molar-refractivity contribution in [1.29, 1.82) is 0 Å². The predicted octanol–water partition coefficient (Wildman–Crippen LogP) is 2.51. The second-order valence-electron chi connectivity index (χ2n) is 4.88. The van der Waals surface area contributed by atoms with Gasteiger partial charge in [0.2, 0.25) is 15.9 Å². The second kappa shape index (κ2) is 6.91. The summed E-state index contributed by atoms with van der Waals surface area (Å²) in [4.78, 5) is 12.0. The van der Waals surface area contributed by atoms with E-state index in [2.05, 4.69) is 0 Å². The fourth-order valence-corrected chi connectivity index (χ4v) is 2.79. The highest BCUT2D eigenvalue weighted by Crippen LogP contribution is 2.20. The van der Waals surface area contributed by atoms with Crippen molar-refractivity contribution in [2.24, 2.45) is 0 Å². The van der Waals surface area contributed by atoms with E-state index in [0.717, 1.165) is 16.6 Å². The Morgan fingerprint density at radius 3 is 2.25 bits per heavy atom. The standard InChI is InChI=1S/C15H13F3N2O3S/c1-24(22,23)20(10-5-3-2-4-6-10)9-13(21)19-12-8-7-11(16)14(17)15(12)18/h2-8H,9H2,1H3,(H,19,21). The summed E-state index contributed by atoms with van der Waals surface area (Å²) in [6, 6.07) is 9.29. The molecule has 0 atom stereocenters. The van der Waals surface area contributed by atoms with Gasteiger partial charge < -0.3 is 5.32 Å². The Hall–Kier alpha value is -2.55. The largest absolute Gasteiger partial charge is 0.322 e. The topological polar surface area (TPSA) is 66.5 Å². The summed E-state index contributed by atoms with van der Waals surface area (Å²) in [6.07, 6.45) is 0.908. The van der Waals surface area contributed by atoms with Gasteiger partial charge in [0.25, 0.3) is 0 Å². The summed E-state index contributed by atoms with van der Waals surface area (Å²) in [5.41, 5.74) is -0.346. The maximum absolute atomic E-state index is 13.6. The average Bonchev–Trinajstić information content (AvgIpc) is 2.53. The lowest BCUT2D eigenvalue weighted by atomic mass is 10.2. The van der Waals surface area contributed by atoms with E-state index in [4.69, 9.17) is 0 Å². The van der Waals surface area contributed by atoms with Crippen LogP contribution in [0.25, 0.3) is 0 Å². The number of nitrogens with one attached hydrogen (secondary N) is 1. The smallest absolute Gasteiger partial charge is 0.245 e. The molecule has 0 fully saturated rings. The zero-order valence-electron chi connectivity index (χ0n) is 12.5. The summed E-state index contributed by atoms with van der Waals surface area (Å²) in [5, 5.41) is 2.02. The molecule has 0 unspecified atom stereocenters. The summed E-state index contributed by atoms with van der Waals surface area (Å²) < 4.78 is 64.1. The van der Waals surface area contributed by atoms with Gasteiger partial charge in [0.15, 0.2) is 17.5 Å². The van der Waals surface area contributed by atoms with E-state index in [1.807, 2.05) is 5.32 Å². The zero-order valence-corrected chi connectivity index (χ0v) is 13.3. The van der Waals surface area contributed by atoms with Crippen molar-refractivity contribution in [3.8, 4) is 0 Å². The molecule has 0 aliphatic rings. The average molecular weight is 358 g/mol. The third-order valence-electron chi connectivity index (χ3n) is 3.04. The normalized spacial score (nSPS) is 11.2. The van der Waals surface area contributed by atoms with Crippen molar-refractivity contribution >= 4 is 27.3 Å². The maximum Gasteiger partial charge on any atom is 0.245 e. The first kappa shape index (κ1) is 17.8. The van der Waals surface area contributed by atoms with Crippen molar-refractivity contribution in [1.82, 2.24) is 0 Å². The van der Waals surface area contributed by atoms with Crippen molar-refractivity contribution in [3.05, 3.63) is 59.9 Å². The van der Waals surface area contributed by atoms with E-state index < -0.39 is 45.6 Å². The van der Waals surface area contributed by atoms with Gasteiger partial charge in [0.05, 0.1) is 17.6 Å². The van der Waals surface area contributed by atoms with Crippen LogP contribution in [0.1, 0.15) is 0 Å². The molecule has 5 nitrogen and oxygen atoms in total. The lowest BCUT2D eigenvalue weighted by Gasteiger charge is -2.21. The molecule has 128 valence electrons. The van der Waals surface area contributed by atoms with E-state index in [0.29, 0.717) is 6.07 Å².